The first kappa shape index (κ1) is 15.0. The summed E-state index contributed by atoms with van der Waals surface area (Å²) in [7, 11) is 0. The Morgan fingerprint density at radius 2 is 2.06 bits per heavy atom. The van der Waals surface area contributed by atoms with E-state index in [1.165, 1.54) is 13.0 Å². The summed E-state index contributed by atoms with van der Waals surface area (Å²) in [5.41, 5.74) is 5.59. The molecule has 2 nitrogen and oxygen atoms in total. The lowest BCUT2D eigenvalue weighted by Gasteiger charge is -2.12. The second kappa shape index (κ2) is 5.75. The predicted octanol–water partition coefficient (Wildman–Crippen LogP) is 3.44. The van der Waals surface area contributed by atoms with Crippen LogP contribution in [0, 0.1) is 12.7 Å². The van der Waals surface area contributed by atoms with E-state index in [4.69, 9.17) is 5.73 Å². The lowest BCUT2D eigenvalue weighted by atomic mass is 10.2. The molecule has 18 heavy (non-hydrogen) atoms. The van der Waals surface area contributed by atoms with Gasteiger partial charge in [-0.25, -0.2) is 4.39 Å². The van der Waals surface area contributed by atoms with Gasteiger partial charge >= 0.3 is 6.18 Å². The van der Waals surface area contributed by atoms with Crippen molar-refractivity contribution >= 4 is 34.8 Å². The van der Waals surface area contributed by atoms with Crippen LogP contribution in [0.5, 0.6) is 0 Å². The molecule has 0 amide bonds. The Balaban J connectivity index is 2.94. The van der Waals surface area contributed by atoms with Crippen molar-refractivity contribution < 1.29 is 17.6 Å². The Bertz CT molecular complexity index is 460. The van der Waals surface area contributed by atoms with Crippen molar-refractivity contribution in [1.29, 1.82) is 0 Å². The Hall–Kier alpha value is -1.02. The number of alkyl halides is 3. The fourth-order valence-corrected chi connectivity index (χ4v) is 2.11. The topological polar surface area (TPSA) is 38.0 Å². The molecule has 0 bridgehead atoms. The van der Waals surface area contributed by atoms with Gasteiger partial charge in [0.1, 0.15) is 5.82 Å². The fraction of sp³-hybridized carbons (Fsp3) is 0.300. The zero-order chi connectivity index (χ0) is 13.9. The molecule has 3 N–H and O–H groups in total. The van der Waals surface area contributed by atoms with Crippen molar-refractivity contribution in [3.63, 3.8) is 0 Å². The molecule has 0 atom stereocenters. The Morgan fingerprint density at radius 3 is 2.56 bits per heavy atom. The third-order valence-electron chi connectivity index (χ3n) is 1.91. The summed E-state index contributed by atoms with van der Waals surface area (Å²) < 4.78 is 49.8. The van der Waals surface area contributed by atoms with Crippen LogP contribution in [0.15, 0.2) is 17.0 Å². The highest BCUT2D eigenvalue weighted by atomic mass is 32.2. The summed E-state index contributed by atoms with van der Waals surface area (Å²) in [6, 6.07) is 2.40. The maximum Gasteiger partial charge on any atom is 0.398 e. The number of thiocarbonyl (C=S) groups is 1. The summed E-state index contributed by atoms with van der Waals surface area (Å²) >= 11 is 5.14. The highest BCUT2D eigenvalue weighted by molar-refractivity contribution is 7.99. The van der Waals surface area contributed by atoms with Crippen LogP contribution in [0.1, 0.15) is 5.56 Å². The van der Waals surface area contributed by atoms with E-state index in [2.05, 4.69) is 17.5 Å². The smallest absolute Gasteiger partial charge is 0.376 e. The molecule has 1 aromatic rings. The van der Waals surface area contributed by atoms with Crippen LogP contribution in [0.3, 0.4) is 0 Å². The van der Waals surface area contributed by atoms with E-state index < -0.39 is 17.7 Å². The largest absolute Gasteiger partial charge is 0.398 e. The molecule has 0 unspecified atom stereocenters. The van der Waals surface area contributed by atoms with Gasteiger partial charge in [0.25, 0.3) is 0 Å². The van der Waals surface area contributed by atoms with Gasteiger partial charge in [-0.15, -0.1) is 11.8 Å². The van der Waals surface area contributed by atoms with Crippen LogP contribution in [0.4, 0.5) is 23.2 Å². The Morgan fingerprint density at radius 1 is 1.44 bits per heavy atom. The highest BCUT2D eigenvalue weighted by Gasteiger charge is 2.27. The maximum absolute atomic E-state index is 13.5. The average Bonchev–Trinajstić information content (AvgIpc) is 2.18. The van der Waals surface area contributed by atoms with Gasteiger partial charge in [-0.2, -0.15) is 13.2 Å². The number of nitrogens with one attached hydrogen (secondary N) is 1. The van der Waals surface area contributed by atoms with Crippen LogP contribution >= 0.6 is 24.0 Å². The molecule has 0 heterocycles. The Labute approximate surface area is 111 Å². The summed E-state index contributed by atoms with van der Waals surface area (Å²) in [5, 5.41) is 2.23. The SMILES string of the molecule is Cc1cc(F)c(NC(N)=S)cc1SCC(F)(F)F. The molecule has 0 aliphatic rings. The molecule has 0 aliphatic carbocycles. The summed E-state index contributed by atoms with van der Waals surface area (Å²) in [6.45, 7) is 1.53. The number of thioether (sulfide) groups is 1. The number of aryl methyl sites for hydroxylation is 1. The number of halogens is 4. The number of benzene rings is 1. The third-order valence-corrected chi connectivity index (χ3v) is 3.24. The van der Waals surface area contributed by atoms with Gasteiger partial charge in [0.2, 0.25) is 0 Å². The first-order valence-electron chi connectivity index (χ1n) is 4.75. The maximum atomic E-state index is 13.5. The van der Waals surface area contributed by atoms with Gasteiger partial charge in [0.05, 0.1) is 11.4 Å². The average molecular weight is 298 g/mol. The van der Waals surface area contributed by atoms with Crippen molar-refractivity contribution in [2.45, 2.75) is 18.0 Å². The first-order chi connectivity index (χ1) is 8.19. The summed E-state index contributed by atoms with van der Waals surface area (Å²) in [4.78, 5) is 0.326. The van der Waals surface area contributed by atoms with E-state index in [1.54, 1.807) is 0 Å². The standard InChI is InChI=1S/C10H10F4N2S2/c1-5-2-6(11)7(16-9(15)17)3-8(5)18-4-10(12,13)14/h2-3H,4H2,1H3,(H3,15,16,17). The van der Waals surface area contributed by atoms with E-state index >= 15 is 0 Å². The van der Waals surface area contributed by atoms with E-state index in [9.17, 15) is 17.6 Å². The molecule has 0 saturated heterocycles. The van der Waals surface area contributed by atoms with E-state index in [-0.39, 0.29) is 10.8 Å². The molecule has 1 rings (SSSR count). The van der Waals surface area contributed by atoms with E-state index in [0.29, 0.717) is 22.2 Å². The van der Waals surface area contributed by atoms with Gasteiger partial charge in [0, 0.05) is 4.90 Å². The van der Waals surface area contributed by atoms with Crippen molar-refractivity contribution in [3.05, 3.63) is 23.5 Å². The van der Waals surface area contributed by atoms with Gasteiger partial charge in [-0.05, 0) is 36.8 Å². The van der Waals surface area contributed by atoms with Gasteiger partial charge in [0.15, 0.2) is 5.11 Å². The van der Waals surface area contributed by atoms with E-state index in [0.717, 1.165) is 6.07 Å². The van der Waals surface area contributed by atoms with Crippen LogP contribution < -0.4 is 11.1 Å². The molecule has 0 aliphatic heterocycles. The zero-order valence-electron chi connectivity index (χ0n) is 9.27. The number of rotatable bonds is 3. The normalized spacial score (nSPS) is 11.4. The molecule has 0 aromatic heterocycles. The van der Waals surface area contributed by atoms with Crippen LogP contribution in [-0.4, -0.2) is 17.0 Å². The molecule has 8 heteroatoms. The number of hydrogen-bond donors (Lipinski definition) is 2. The molecular weight excluding hydrogens is 288 g/mol. The minimum Gasteiger partial charge on any atom is -0.376 e. The van der Waals surface area contributed by atoms with Gasteiger partial charge in [-0.3, -0.25) is 0 Å². The number of hydrogen-bond acceptors (Lipinski definition) is 2. The summed E-state index contributed by atoms with van der Waals surface area (Å²) in [5.74, 6) is -1.65. The quantitative estimate of drug-likeness (QED) is 0.509. The van der Waals surface area contributed by atoms with Gasteiger partial charge < -0.3 is 11.1 Å². The molecule has 1 aromatic carbocycles. The molecule has 0 radical (unpaired) electrons. The second-order valence-corrected chi connectivity index (χ2v) is 4.95. The predicted molar refractivity (Wildman–Crippen MR) is 68.3 cm³/mol. The van der Waals surface area contributed by atoms with Crippen LogP contribution in [0.25, 0.3) is 0 Å². The Kier molecular flexibility index (Phi) is 4.80. The molecule has 0 saturated carbocycles. The minimum atomic E-state index is -4.28. The molecule has 0 fully saturated rings. The number of nitrogens with two attached hydrogens (primary N) is 1. The monoisotopic (exact) mass is 298 g/mol. The highest BCUT2D eigenvalue weighted by Crippen LogP contribution is 2.32. The molecule has 0 spiro atoms. The van der Waals surface area contributed by atoms with E-state index in [1.807, 2.05) is 0 Å². The second-order valence-electron chi connectivity index (χ2n) is 3.49. The lowest BCUT2D eigenvalue weighted by Crippen LogP contribution is -2.19. The van der Waals surface area contributed by atoms with Crippen molar-refractivity contribution in [3.8, 4) is 0 Å². The fourth-order valence-electron chi connectivity index (χ4n) is 1.20. The third kappa shape index (κ3) is 4.69. The number of anilines is 1. The van der Waals surface area contributed by atoms with Crippen LogP contribution in [0.2, 0.25) is 0 Å². The van der Waals surface area contributed by atoms with Crippen LogP contribution in [-0.2, 0) is 0 Å². The lowest BCUT2D eigenvalue weighted by molar-refractivity contribution is -0.105. The molecular formula is C10H10F4N2S2. The zero-order valence-corrected chi connectivity index (χ0v) is 10.9. The van der Waals surface area contributed by atoms with Crippen molar-refractivity contribution in [2.24, 2.45) is 5.73 Å². The van der Waals surface area contributed by atoms with Gasteiger partial charge in [-0.1, -0.05) is 0 Å². The summed E-state index contributed by atoms with van der Waals surface area (Å²) in [6.07, 6.45) is -4.28. The molecule has 100 valence electrons. The van der Waals surface area contributed by atoms with Crippen molar-refractivity contribution in [1.82, 2.24) is 0 Å². The van der Waals surface area contributed by atoms with Crippen molar-refractivity contribution in [2.75, 3.05) is 11.1 Å². The minimum absolute atomic E-state index is 0.0298. The first-order valence-corrected chi connectivity index (χ1v) is 6.14.